The molecule has 1 heterocycles. The molecule has 1 aliphatic heterocycles. The molecule has 0 aliphatic carbocycles. The first kappa shape index (κ1) is 16.9. The second-order valence-corrected chi connectivity index (χ2v) is 5.59. The molecule has 1 atom stereocenters. The molecule has 0 radical (unpaired) electrons. The smallest absolute Gasteiger partial charge is 0.315 e. The fourth-order valence-corrected chi connectivity index (χ4v) is 2.53. The van der Waals surface area contributed by atoms with Gasteiger partial charge in [-0.1, -0.05) is 0 Å². The van der Waals surface area contributed by atoms with Gasteiger partial charge in [0.1, 0.15) is 11.7 Å². The second kappa shape index (κ2) is 6.76. The van der Waals surface area contributed by atoms with E-state index in [-0.39, 0.29) is 5.78 Å². The number of carboxylic acid groups (broad SMARTS) is 1. The zero-order valence-electron chi connectivity index (χ0n) is 13.1. The van der Waals surface area contributed by atoms with Gasteiger partial charge < -0.3 is 14.9 Å². The van der Waals surface area contributed by atoms with Crippen molar-refractivity contribution < 1.29 is 23.9 Å². The van der Waals surface area contributed by atoms with E-state index >= 15 is 0 Å². The molecule has 124 valence electrons. The Morgan fingerprint density at radius 2 is 1.78 bits per heavy atom. The van der Waals surface area contributed by atoms with Crippen molar-refractivity contribution in [2.75, 3.05) is 31.1 Å². The molecule has 1 N–H and O–H groups in total. The lowest BCUT2D eigenvalue weighted by Crippen LogP contribution is -2.51. The third kappa shape index (κ3) is 3.67. The summed E-state index contributed by atoms with van der Waals surface area (Å²) in [5.74, 6) is -3.33. The van der Waals surface area contributed by atoms with Gasteiger partial charge in [-0.3, -0.25) is 14.4 Å². The first-order chi connectivity index (χ1) is 10.8. The van der Waals surface area contributed by atoms with Crippen LogP contribution in [0.2, 0.25) is 0 Å². The highest BCUT2D eigenvalue weighted by atomic mass is 19.1. The van der Waals surface area contributed by atoms with Crippen LogP contribution in [0, 0.1) is 11.7 Å². The maximum absolute atomic E-state index is 14.1. The Bertz CT molecular complexity index is 639. The van der Waals surface area contributed by atoms with Crippen molar-refractivity contribution in [3.05, 3.63) is 29.6 Å². The van der Waals surface area contributed by atoms with Crippen LogP contribution >= 0.6 is 0 Å². The van der Waals surface area contributed by atoms with Gasteiger partial charge in [-0.15, -0.1) is 0 Å². The van der Waals surface area contributed by atoms with E-state index < -0.39 is 23.6 Å². The summed E-state index contributed by atoms with van der Waals surface area (Å²) in [6.07, 6.45) is 0. The van der Waals surface area contributed by atoms with Crippen LogP contribution in [0.25, 0.3) is 0 Å². The minimum atomic E-state index is -1.15. The van der Waals surface area contributed by atoms with Gasteiger partial charge in [0.25, 0.3) is 0 Å². The molecule has 1 aliphatic rings. The van der Waals surface area contributed by atoms with Gasteiger partial charge in [-0.2, -0.15) is 0 Å². The lowest BCUT2D eigenvalue weighted by atomic mass is 10.1. The van der Waals surface area contributed by atoms with Crippen molar-refractivity contribution >= 4 is 23.3 Å². The van der Waals surface area contributed by atoms with Crippen molar-refractivity contribution in [3.8, 4) is 0 Å². The molecule has 0 saturated carbocycles. The second-order valence-electron chi connectivity index (χ2n) is 5.59. The van der Waals surface area contributed by atoms with E-state index in [0.717, 1.165) is 0 Å². The standard InChI is InChI=1S/C16H19FN2O4/c1-10(16(22)23)15(21)19-7-5-18(6-8-19)14-4-3-12(11(2)20)9-13(14)17/h3-4,9-10H,5-8H2,1-2H3,(H,22,23). The topological polar surface area (TPSA) is 77.9 Å². The Morgan fingerprint density at radius 1 is 1.17 bits per heavy atom. The van der Waals surface area contributed by atoms with Gasteiger partial charge in [0.15, 0.2) is 5.78 Å². The number of piperazine rings is 1. The third-order valence-electron chi connectivity index (χ3n) is 4.03. The zero-order chi connectivity index (χ0) is 17.1. The van der Waals surface area contributed by atoms with E-state index in [1.807, 2.05) is 0 Å². The maximum atomic E-state index is 14.1. The summed E-state index contributed by atoms with van der Waals surface area (Å²) in [7, 11) is 0. The summed E-state index contributed by atoms with van der Waals surface area (Å²) < 4.78 is 14.1. The van der Waals surface area contributed by atoms with Gasteiger partial charge >= 0.3 is 5.97 Å². The van der Waals surface area contributed by atoms with Crippen LogP contribution in [0.1, 0.15) is 24.2 Å². The average Bonchev–Trinajstić information content (AvgIpc) is 2.53. The molecule has 6 nitrogen and oxygen atoms in total. The first-order valence-corrected chi connectivity index (χ1v) is 7.38. The highest BCUT2D eigenvalue weighted by molar-refractivity contribution is 5.96. The number of carboxylic acids is 1. The number of anilines is 1. The Balaban J connectivity index is 2.03. The molecule has 1 aromatic carbocycles. The van der Waals surface area contributed by atoms with E-state index in [1.54, 1.807) is 17.0 Å². The van der Waals surface area contributed by atoms with Crippen LogP contribution in [-0.4, -0.2) is 53.8 Å². The van der Waals surface area contributed by atoms with Gasteiger partial charge in [0.05, 0.1) is 5.69 Å². The van der Waals surface area contributed by atoms with Crippen LogP contribution in [0.3, 0.4) is 0 Å². The van der Waals surface area contributed by atoms with Crippen LogP contribution in [0.4, 0.5) is 10.1 Å². The number of halogens is 1. The normalized spacial score (nSPS) is 16.1. The molecule has 7 heteroatoms. The van der Waals surface area contributed by atoms with E-state index in [1.165, 1.54) is 24.8 Å². The summed E-state index contributed by atoms with van der Waals surface area (Å²) in [5.41, 5.74) is 0.698. The summed E-state index contributed by atoms with van der Waals surface area (Å²) >= 11 is 0. The van der Waals surface area contributed by atoms with Crippen molar-refractivity contribution in [2.45, 2.75) is 13.8 Å². The SMILES string of the molecule is CC(=O)c1ccc(N2CCN(C(=O)C(C)C(=O)O)CC2)c(F)c1. The lowest BCUT2D eigenvalue weighted by molar-refractivity contribution is -0.150. The summed E-state index contributed by atoms with van der Waals surface area (Å²) in [6.45, 7) is 4.23. The third-order valence-corrected chi connectivity index (χ3v) is 4.03. The van der Waals surface area contributed by atoms with Gasteiger partial charge in [0.2, 0.25) is 5.91 Å². The number of ketones is 1. The largest absolute Gasteiger partial charge is 0.481 e. The average molecular weight is 322 g/mol. The Labute approximate surface area is 133 Å². The molecule has 1 amide bonds. The number of aliphatic carboxylic acids is 1. The molecule has 0 bridgehead atoms. The van der Waals surface area contributed by atoms with E-state index in [2.05, 4.69) is 0 Å². The van der Waals surface area contributed by atoms with Crippen molar-refractivity contribution in [1.29, 1.82) is 0 Å². The molecular weight excluding hydrogens is 303 g/mol. The number of hydrogen-bond donors (Lipinski definition) is 1. The van der Waals surface area contributed by atoms with Gasteiger partial charge in [0, 0.05) is 31.7 Å². The van der Waals surface area contributed by atoms with Crippen LogP contribution in [0.15, 0.2) is 18.2 Å². The molecule has 1 aromatic rings. The number of carbonyl (C=O) groups is 3. The van der Waals surface area contributed by atoms with E-state index in [4.69, 9.17) is 5.11 Å². The van der Waals surface area contributed by atoms with Crippen molar-refractivity contribution in [1.82, 2.24) is 4.90 Å². The van der Waals surface area contributed by atoms with E-state index in [0.29, 0.717) is 37.4 Å². The molecule has 2 rings (SSSR count). The van der Waals surface area contributed by atoms with Crippen LogP contribution in [-0.2, 0) is 9.59 Å². The minimum absolute atomic E-state index is 0.200. The quantitative estimate of drug-likeness (QED) is 0.670. The zero-order valence-corrected chi connectivity index (χ0v) is 13.1. The number of nitrogens with zero attached hydrogens (tertiary/aromatic N) is 2. The molecule has 1 fully saturated rings. The highest BCUT2D eigenvalue weighted by Gasteiger charge is 2.29. The molecule has 1 saturated heterocycles. The summed E-state index contributed by atoms with van der Waals surface area (Å²) in [6, 6.07) is 4.34. The molecule has 0 aromatic heterocycles. The van der Waals surface area contributed by atoms with Gasteiger partial charge in [-0.25, -0.2) is 4.39 Å². The molecule has 1 unspecified atom stereocenters. The Morgan fingerprint density at radius 3 is 2.26 bits per heavy atom. The monoisotopic (exact) mass is 322 g/mol. The summed E-state index contributed by atoms with van der Waals surface area (Å²) in [4.78, 5) is 37.4. The molecule has 0 spiro atoms. The number of carbonyl (C=O) groups excluding carboxylic acids is 2. The number of benzene rings is 1. The number of Topliss-reactive ketones (excluding diaryl/α,β-unsaturated/α-hetero) is 1. The maximum Gasteiger partial charge on any atom is 0.315 e. The predicted molar refractivity (Wildman–Crippen MR) is 82.0 cm³/mol. The Hall–Kier alpha value is -2.44. The molecular formula is C16H19FN2O4. The van der Waals surface area contributed by atoms with Crippen molar-refractivity contribution in [3.63, 3.8) is 0 Å². The highest BCUT2D eigenvalue weighted by Crippen LogP contribution is 2.22. The van der Waals surface area contributed by atoms with E-state index in [9.17, 15) is 18.8 Å². The fourth-order valence-electron chi connectivity index (χ4n) is 2.53. The molecule has 23 heavy (non-hydrogen) atoms. The predicted octanol–water partition coefficient (Wildman–Crippen LogP) is 1.40. The van der Waals surface area contributed by atoms with Gasteiger partial charge in [-0.05, 0) is 32.0 Å². The number of rotatable bonds is 4. The lowest BCUT2D eigenvalue weighted by Gasteiger charge is -2.36. The minimum Gasteiger partial charge on any atom is -0.481 e. The van der Waals surface area contributed by atoms with Crippen molar-refractivity contribution in [2.24, 2.45) is 5.92 Å². The summed E-state index contributed by atoms with van der Waals surface area (Å²) in [5, 5.41) is 8.89. The van der Waals surface area contributed by atoms with Crippen LogP contribution in [0.5, 0.6) is 0 Å². The fraction of sp³-hybridized carbons (Fsp3) is 0.438. The number of amides is 1. The van der Waals surface area contributed by atoms with Crippen LogP contribution < -0.4 is 4.90 Å². The number of hydrogen-bond acceptors (Lipinski definition) is 4. The first-order valence-electron chi connectivity index (χ1n) is 7.38. The Kier molecular flexibility index (Phi) is 4.98.